The lowest BCUT2D eigenvalue weighted by Gasteiger charge is -2.28. The molecule has 0 aliphatic heterocycles. The molecule has 0 atom stereocenters. The van der Waals surface area contributed by atoms with Crippen LogP contribution >= 0.6 is 0 Å². The Bertz CT molecular complexity index is 1240. The van der Waals surface area contributed by atoms with Gasteiger partial charge >= 0.3 is 0 Å². The Balaban J connectivity index is 1.70. The first-order valence-corrected chi connectivity index (χ1v) is 11.7. The largest absolute Gasteiger partial charge is 0.325 e. The van der Waals surface area contributed by atoms with Crippen LogP contribution < -0.4 is 5.32 Å². The number of benzene rings is 2. The molecule has 0 spiro atoms. The SMILES string of the molecule is Cc1ccc(C)c(S(=O)(=O)C2(C(=O)Nc3cccc(-c4nnnn4C)c3)CCCC2)c1. The first-order valence-electron chi connectivity index (χ1n) is 10.2. The normalized spacial score (nSPS) is 15.7. The Morgan fingerprint density at radius 1 is 1.10 bits per heavy atom. The standard InChI is InChI=1S/C22H25N5O3S/c1-15-9-10-16(2)19(13-15)31(29,30)22(11-4-5-12-22)21(28)23-18-8-6-7-17(14-18)20-24-25-26-27(20)3/h6-10,13-14H,4-5,11-12H2,1-3H3,(H,23,28). The summed E-state index contributed by atoms with van der Waals surface area (Å²) in [5.74, 6) is 0.0637. The maximum absolute atomic E-state index is 13.8. The van der Waals surface area contributed by atoms with Crippen LogP contribution in [0, 0.1) is 13.8 Å². The molecule has 1 N–H and O–H groups in total. The van der Waals surface area contributed by atoms with Gasteiger partial charge in [0.2, 0.25) is 5.91 Å². The summed E-state index contributed by atoms with van der Waals surface area (Å²) in [6, 6.07) is 12.4. The first kappa shape index (κ1) is 21.2. The molecule has 162 valence electrons. The number of amides is 1. The third kappa shape index (κ3) is 3.63. The van der Waals surface area contributed by atoms with Gasteiger partial charge < -0.3 is 5.32 Å². The maximum atomic E-state index is 13.8. The summed E-state index contributed by atoms with van der Waals surface area (Å²) >= 11 is 0. The van der Waals surface area contributed by atoms with Crippen LogP contribution in [-0.2, 0) is 21.7 Å². The molecule has 1 fully saturated rings. The van der Waals surface area contributed by atoms with E-state index in [2.05, 4.69) is 20.8 Å². The molecular weight excluding hydrogens is 414 g/mol. The molecule has 4 rings (SSSR count). The Labute approximate surface area is 181 Å². The Morgan fingerprint density at radius 3 is 2.52 bits per heavy atom. The smallest absolute Gasteiger partial charge is 0.246 e. The average molecular weight is 440 g/mol. The van der Waals surface area contributed by atoms with Crippen molar-refractivity contribution in [1.29, 1.82) is 0 Å². The third-order valence-corrected chi connectivity index (χ3v) is 8.61. The van der Waals surface area contributed by atoms with Crippen LogP contribution in [0.2, 0.25) is 0 Å². The lowest BCUT2D eigenvalue weighted by Crippen LogP contribution is -2.47. The predicted molar refractivity (Wildman–Crippen MR) is 117 cm³/mol. The topological polar surface area (TPSA) is 107 Å². The number of nitrogens with one attached hydrogen (secondary N) is 1. The number of aromatic nitrogens is 4. The molecule has 0 saturated heterocycles. The van der Waals surface area contributed by atoms with Crippen LogP contribution in [0.4, 0.5) is 5.69 Å². The van der Waals surface area contributed by atoms with Gasteiger partial charge in [0.25, 0.3) is 0 Å². The molecule has 31 heavy (non-hydrogen) atoms. The summed E-state index contributed by atoms with van der Waals surface area (Å²) in [5.41, 5.74) is 2.74. The number of tetrazole rings is 1. The number of rotatable bonds is 5. The van der Waals surface area contributed by atoms with Gasteiger partial charge in [0.05, 0.1) is 4.90 Å². The lowest BCUT2D eigenvalue weighted by molar-refractivity contribution is -0.118. The van der Waals surface area contributed by atoms with Gasteiger partial charge in [-0.25, -0.2) is 13.1 Å². The second-order valence-corrected chi connectivity index (χ2v) is 10.4. The van der Waals surface area contributed by atoms with E-state index in [4.69, 9.17) is 0 Å². The maximum Gasteiger partial charge on any atom is 0.246 e. The van der Waals surface area contributed by atoms with Crippen molar-refractivity contribution in [3.8, 4) is 11.4 Å². The minimum Gasteiger partial charge on any atom is -0.325 e. The minimum atomic E-state index is -3.88. The summed E-state index contributed by atoms with van der Waals surface area (Å²) in [6.07, 6.45) is 2.01. The van der Waals surface area contributed by atoms with Crippen molar-refractivity contribution in [1.82, 2.24) is 20.2 Å². The molecule has 1 heterocycles. The predicted octanol–water partition coefficient (Wildman–Crippen LogP) is 3.22. The summed E-state index contributed by atoms with van der Waals surface area (Å²) in [7, 11) is -2.15. The van der Waals surface area contributed by atoms with Gasteiger partial charge in [-0.05, 0) is 66.4 Å². The van der Waals surface area contributed by atoms with Gasteiger partial charge in [0.15, 0.2) is 20.4 Å². The molecule has 1 aliphatic carbocycles. The van der Waals surface area contributed by atoms with Crippen LogP contribution in [-0.4, -0.2) is 39.3 Å². The molecule has 3 aromatic rings. The van der Waals surface area contributed by atoms with Crippen molar-refractivity contribution >= 4 is 21.4 Å². The molecule has 2 aromatic carbocycles. The van der Waals surface area contributed by atoms with Crippen LogP contribution in [0.1, 0.15) is 36.8 Å². The van der Waals surface area contributed by atoms with Crippen LogP contribution in [0.3, 0.4) is 0 Å². The first-order chi connectivity index (χ1) is 14.7. The van der Waals surface area contributed by atoms with Gasteiger partial charge in [-0.3, -0.25) is 4.79 Å². The second-order valence-electron chi connectivity index (χ2n) is 8.13. The van der Waals surface area contributed by atoms with E-state index in [1.165, 1.54) is 4.68 Å². The Hall–Kier alpha value is -3.07. The van der Waals surface area contributed by atoms with Crippen molar-refractivity contribution in [2.45, 2.75) is 49.2 Å². The highest BCUT2D eigenvalue weighted by Crippen LogP contribution is 2.42. The average Bonchev–Trinajstić information content (AvgIpc) is 3.40. The fraction of sp³-hybridized carbons (Fsp3) is 0.364. The van der Waals surface area contributed by atoms with E-state index in [9.17, 15) is 13.2 Å². The molecule has 0 bridgehead atoms. The number of anilines is 1. The zero-order valence-corrected chi connectivity index (χ0v) is 18.6. The fourth-order valence-corrected chi connectivity index (χ4v) is 6.60. The molecule has 0 radical (unpaired) electrons. The Kier molecular flexibility index (Phi) is 5.38. The van der Waals surface area contributed by atoms with Crippen molar-refractivity contribution in [2.75, 3.05) is 5.32 Å². The molecule has 1 amide bonds. The van der Waals surface area contributed by atoms with Gasteiger partial charge in [-0.15, -0.1) is 5.10 Å². The molecule has 1 aliphatic rings. The number of carbonyl (C=O) groups excluding carboxylic acids is 1. The molecule has 1 saturated carbocycles. The van der Waals surface area contributed by atoms with E-state index in [1.54, 1.807) is 44.3 Å². The van der Waals surface area contributed by atoms with E-state index >= 15 is 0 Å². The molecule has 1 aromatic heterocycles. The zero-order valence-electron chi connectivity index (χ0n) is 17.8. The zero-order chi connectivity index (χ0) is 22.2. The van der Waals surface area contributed by atoms with Crippen LogP contribution in [0.5, 0.6) is 0 Å². The number of carbonyl (C=O) groups is 1. The Morgan fingerprint density at radius 2 is 1.84 bits per heavy atom. The quantitative estimate of drug-likeness (QED) is 0.654. The number of nitrogens with zero attached hydrogens (tertiary/aromatic N) is 4. The van der Waals surface area contributed by atoms with E-state index in [1.807, 2.05) is 19.1 Å². The molecule has 9 heteroatoms. The summed E-state index contributed by atoms with van der Waals surface area (Å²) in [6.45, 7) is 3.62. The highest BCUT2D eigenvalue weighted by atomic mass is 32.2. The summed E-state index contributed by atoms with van der Waals surface area (Å²) in [4.78, 5) is 13.7. The van der Waals surface area contributed by atoms with E-state index in [0.29, 0.717) is 42.8 Å². The highest BCUT2D eigenvalue weighted by molar-refractivity contribution is 7.93. The van der Waals surface area contributed by atoms with E-state index < -0.39 is 20.5 Å². The molecular formula is C22H25N5O3S. The minimum absolute atomic E-state index is 0.239. The second kappa shape index (κ2) is 7.88. The van der Waals surface area contributed by atoms with E-state index in [0.717, 1.165) is 11.1 Å². The van der Waals surface area contributed by atoms with Gasteiger partial charge in [0, 0.05) is 18.3 Å². The monoisotopic (exact) mass is 439 g/mol. The highest BCUT2D eigenvalue weighted by Gasteiger charge is 2.53. The number of aryl methyl sites for hydroxylation is 3. The van der Waals surface area contributed by atoms with Gasteiger partial charge in [0.1, 0.15) is 0 Å². The van der Waals surface area contributed by atoms with Crippen molar-refractivity contribution < 1.29 is 13.2 Å². The van der Waals surface area contributed by atoms with Crippen LogP contribution in [0.15, 0.2) is 47.4 Å². The third-order valence-electron chi connectivity index (χ3n) is 5.97. The van der Waals surface area contributed by atoms with Crippen LogP contribution in [0.25, 0.3) is 11.4 Å². The van der Waals surface area contributed by atoms with Gasteiger partial charge in [-0.1, -0.05) is 37.1 Å². The lowest BCUT2D eigenvalue weighted by atomic mass is 10.1. The molecule has 8 nitrogen and oxygen atoms in total. The molecule has 0 unspecified atom stereocenters. The van der Waals surface area contributed by atoms with Crippen molar-refractivity contribution in [3.63, 3.8) is 0 Å². The number of sulfone groups is 1. The number of hydrogen-bond acceptors (Lipinski definition) is 6. The number of hydrogen-bond donors (Lipinski definition) is 1. The van der Waals surface area contributed by atoms with Crippen molar-refractivity contribution in [2.24, 2.45) is 7.05 Å². The summed E-state index contributed by atoms with van der Waals surface area (Å²) in [5, 5.41) is 14.3. The fourth-order valence-electron chi connectivity index (χ4n) is 4.23. The summed E-state index contributed by atoms with van der Waals surface area (Å²) < 4.78 is 27.6. The van der Waals surface area contributed by atoms with Gasteiger partial charge in [-0.2, -0.15) is 0 Å². The van der Waals surface area contributed by atoms with E-state index in [-0.39, 0.29) is 4.90 Å². The van der Waals surface area contributed by atoms with Crippen molar-refractivity contribution in [3.05, 3.63) is 53.6 Å².